The van der Waals surface area contributed by atoms with Crippen molar-refractivity contribution in [2.75, 3.05) is 6.61 Å². The van der Waals surface area contributed by atoms with Gasteiger partial charge in [-0.05, 0) is 19.1 Å². The van der Waals surface area contributed by atoms with E-state index in [4.69, 9.17) is 10.5 Å². The summed E-state index contributed by atoms with van der Waals surface area (Å²) in [5.74, 6) is 0.784. The van der Waals surface area contributed by atoms with Gasteiger partial charge in [0.25, 0.3) is 5.56 Å². The van der Waals surface area contributed by atoms with Crippen molar-refractivity contribution in [1.82, 2.24) is 14.2 Å². The first kappa shape index (κ1) is 14.3. The number of hydrogen-bond donors (Lipinski definition) is 1. The standard InChI is InChI=1S/C16H18N4O2/c1-3-22-13-6-4-5-11(7-13)14-9-15-19(2)12(10-17)8-16(21)20(15)18-14/h4-9H,3,10,17H2,1-2H3. The third-order valence-corrected chi connectivity index (χ3v) is 3.61. The molecular weight excluding hydrogens is 280 g/mol. The molecule has 0 unspecified atom stereocenters. The van der Waals surface area contributed by atoms with Gasteiger partial charge in [0.15, 0.2) is 0 Å². The molecule has 0 amide bonds. The van der Waals surface area contributed by atoms with Gasteiger partial charge in [-0.15, -0.1) is 0 Å². The lowest BCUT2D eigenvalue weighted by atomic mass is 10.1. The van der Waals surface area contributed by atoms with Crippen molar-refractivity contribution in [1.29, 1.82) is 0 Å². The molecule has 2 aromatic heterocycles. The van der Waals surface area contributed by atoms with Crippen molar-refractivity contribution in [2.24, 2.45) is 12.8 Å². The van der Waals surface area contributed by atoms with Crippen LogP contribution in [-0.4, -0.2) is 20.8 Å². The van der Waals surface area contributed by atoms with Crippen molar-refractivity contribution < 1.29 is 4.74 Å². The molecule has 6 heteroatoms. The molecule has 0 bridgehead atoms. The van der Waals surface area contributed by atoms with Crippen LogP contribution in [0.1, 0.15) is 12.6 Å². The van der Waals surface area contributed by atoms with Crippen LogP contribution >= 0.6 is 0 Å². The smallest absolute Gasteiger partial charge is 0.274 e. The highest BCUT2D eigenvalue weighted by atomic mass is 16.5. The zero-order valence-electron chi connectivity index (χ0n) is 12.6. The van der Waals surface area contributed by atoms with Gasteiger partial charge >= 0.3 is 0 Å². The first-order valence-corrected chi connectivity index (χ1v) is 7.16. The summed E-state index contributed by atoms with van der Waals surface area (Å²) >= 11 is 0. The molecule has 0 radical (unpaired) electrons. The summed E-state index contributed by atoms with van der Waals surface area (Å²) in [7, 11) is 1.87. The van der Waals surface area contributed by atoms with Crippen molar-refractivity contribution in [3.63, 3.8) is 0 Å². The van der Waals surface area contributed by atoms with E-state index in [0.717, 1.165) is 22.7 Å². The van der Waals surface area contributed by atoms with E-state index in [9.17, 15) is 4.79 Å². The van der Waals surface area contributed by atoms with Gasteiger partial charge in [0.1, 0.15) is 11.4 Å². The lowest BCUT2D eigenvalue weighted by Gasteiger charge is -2.07. The summed E-state index contributed by atoms with van der Waals surface area (Å²) < 4.78 is 8.78. The molecule has 114 valence electrons. The number of benzene rings is 1. The molecule has 6 nitrogen and oxygen atoms in total. The van der Waals surface area contributed by atoms with E-state index >= 15 is 0 Å². The van der Waals surface area contributed by atoms with Gasteiger partial charge in [0.2, 0.25) is 0 Å². The van der Waals surface area contributed by atoms with Gasteiger partial charge < -0.3 is 15.0 Å². The highest BCUT2D eigenvalue weighted by Crippen LogP contribution is 2.23. The number of nitrogens with zero attached hydrogens (tertiary/aromatic N) is 3. The Balaban J connectivity index is 2.17. The Hall–Kier alpha value is -2.60. The topological polar surface area (TPSA) is 74.5 Å². The van der Waals surface area contributed by atoms with E-state index in [1.165, 1.54) is 10.6 Å². The summed E-state index contributed by atoms with van der Waals surface area (Å²) in [6, 6.07) is 11.1. The molecule has 22 heavy (non-hydrogen) atoms. The molecule has 1 aromatic carbocycles. The van der Waals surface area contributed by atoms with E-state index in [1.54, 1.807) is 0 Å². The summed E-state index contributed by atoms with van der Waals surface area (Å²) in [4.78, 5) is 12.1. The van der Waals surface area contributed by atoms with Crippen LogP contribution in [-0.2, 0) is 13.6 Å². The molecule has 0 fully saturated rings. The molecule has 3 rings (SSSR count). The molecule has 2 heterocycles. The van der Waals surface area contributed by atoms with Crippen LogP contribution in [0.15, 0.2) is 41.2 Å². The maximum Gasteiger partial charge on any atom is 0.274 e. The molecule has 0 saturated heterocycles. The molecular formula is C16H18N4O2. The number of aromatic nitrogens is 3. The summed E-state index contributed by atoms with van der Waals surface area (Å²) in [6.07, 6.45) is 0. The van der Waals surface area contributed by atoms with Crippen molar-refractivity contribution >= 4 is 5.65 Å². The minimum absolute atomic E-state index is 0.180. The highest BCUT2D eigenvalue weighted by molar-refractivity contribution is 5.65. The van der Waals surface area contributed by atoms with Gasteiger partial charge in [-0.3, -0.25) is 4.79 Å². The fourth-order valence-corrected chi connectivity index (χ4v) is 2.47. The zero-order valence-corrected chi connectivity index (χ0v) is 12.6. The van der Waals surface area contributed by atoms with Crippen LogP contribution in [0.2, 0.25) is 0 Å². The molecule has 2 N–H and O–H groups in total. The Kier molecular flexibility index (Phi) is 3.68. The summed E-state index contributed by atoms with van der Waals surface area (Å²) in [6.45, 7) is 2.85. The second kappa shape index (κ2) is 5.65. The predicted octanol–water partition coefficient (Wildman–Crippen LogP) is 1.56. The van der Waals surface area contributed by atoms with E-state index in [0.29, 0.717) is 18.8 Å². The Bertz CT molecular complexity index is 879. The Morgan fingerprint density at radius 2 is 2.09 bits per heavy atom. The number of aryl methyl sites for hydroxylation is 1. The fourth-order valence-electron chi connectivity index (χ4n) is 2.47. The Labute approximate surface area is 127 Å². The highest BCUT2D eigenvalue weighted by Gasteiger charge is 2.11. The second-order valence-electron chi connectivity index (χ2n) is 5.00. The van der Waals surface area contributed by atoms with Crippen LogP contribution in [0.4, 0.5) is 0 Å². The summed E-state index contributed by atoms with van der Waals surface area (Å²) in [5.41, 5.74) is 8.61. The molecule has 0 aliphatic carbocycles. The van der Waals surface area contributed by atoms with Crippen LogP contribution in [0, 0.1) is 0 Å². The number of rotatable bonds is 4. The van der Waals surface area contributed by atoms with Crippen LogP contribution in [0.25, 0.3) is 16.9 Å². The number of fused-ring (bicyclic) bond motifs is 1. The lowest BCUT2D eigenvalue weighted by Crippen LogP contribution is -2.21. The average molecular weight is 298 g/mol. The van der Waals surface area contributed by atoms with E-state index in [-0.39, 0.29) is 5.56 Å². The van der Waals surface area contributed by atoms with Crippen LogP contribution in [0.3, 0.4) is 0 Å². The maximum absolute atomic E-state index is 12.1. The monoisotopic (exact) mass is 298 g/mol. The van der Waals surface area contributed by atoms with Crippen molar-refractivity contribution in [2.45, 2.75) is 13.5 Å². The molecule has 0 aliphatic rings. The fraction of sp³-hybridized carbons (Fsp3) is 0.250. The third-order valence-electron chi connectivity index (χ3n) is 3.61. The van der Waals surface area contributed by atoms with Gasteiger partial charge in [-0.2, -0.15) is 9.61 Å². The molecule has 0 saturated carbocycles. The second-order valence-corrected chi connectivity index (χ2v) is 5.00. The first-order chi connectivity index (χ1) is 10.6. The van der Waals surface area contributed by atoms with E-state index < -0.39 is 0 Å². The summed E-state index contributed by atoms with van der Waals surface area (Å²) in [5, 5.41) is 4.41. The molecule has 0 atom stereocenters. The van der Waals surface area contributed by atoms with Gasteiger partial charge in [-0.1, -0.05) is 12.1 Å². The largest absolute Gasteiger partial charge is 0.494 e. The molecule has 3 aromatic rings. The SMILES string of the molecule is CCOc1cccc(-c2cc3n(C)c(CN)cc(=O)n3n2)c1. The Morgan fingerprint density at radius 3 is 2.82 bits per heavy atom. The van der Waals surface area contributed by atoms with Gasteiger partial charge in [0.05, 0.1) is 12.3 Å². The van der Waals surface area contributed by atoms with E-state index in [1.807, 2.05) is 48.9 Å². The zero-order chi connectivity index (χ0) is 15.7. The molecule has 0 spiro atoms. The van der Waals surface area contributed by atoms with Crippen molar-refractivity contribution in [3.05, 3.63) is 52.4 Å². The predicted molar refractivity (Wildman–Crippen MR) is 84.9 cm³/mol. The van der Waals surface area contributed by atoms with Crippen LogP contribution in [0.5, 0.6) is 5.75 Å². The minimum Gasteiger partial charge on any atom is -0.494 e. The van der Waals surface area contributed by atoms with Gasteiger partial charge in [-0.25, -0.2) is 0 Å². The maximum atomic E-state index is 12.1. The normalized spacial score (nSPS) is 11.0. The average Bonchev–Trinajstić information content (AvgIpc) is 2.98. The lowest BCUT2D eigenvalue weighted by molar-refractivity contribution is 0.340. The molecule has 0 aliphatic heterocycles. The van der Waals surface area contributed by atoms with Gasteiger partial charge in [0, 0.05) is 37.0 Å². The number of hydrogen-bond acceptors (Lipinski definition) is 4. The van der Waals surface area contributed by atoms with Crippen molar-refractivity contribution in [3.8, 4) is 17.0 Å². The Morgan fingerprint density at radius 1 is 1.27 bits per heavy atom. The quantitative estimate of drug-likeness (QED) is 0.793. The first-order valence-electron chi connectivity index (χ1n) is 7.16. The third kappa shape index (κ3) is 2.37. The van der Waals surface area contributed by atoms with E-state index in [2.05, 4.69) is 5.10 Å². The number of nitrogens with two attached hydrogens (primary N) is 1. The van der Waals surface area contributed by atoms with Crippen LogP contribution < -0.4 is 16.0 Å². The number of ether oxygens (including phenoxy) is 1. The minimum atomic E-state index is -0.180.